The Hall–Kier alpha value is -1.82. The Balaban J connectivity index is 2.67. The van der Waals surface area contributed by atoms with Crippen LogP contribution in [0.2, 0.25) is 0 Å². The topological polar surface area (TPSA) is 24.7 Å². The molecule has 14 heavy (non-hydrogen) atoms. The number of hydrogen-bond acceptors (Lipinski definition) is 2. The zero-order valence-electron chi connectivity index (χ0n) is 8.10. The van der Waals surface area contributed by atoms with E-state index in [-0.39, 0.29) is 0 Å². The quantitative estimate of drug-likeness (QED) is 0.532. The van der Waals surface area contributed by atoms with Gasteiger partial charge in [0.1, 0.15) is 6.29 Å². The minimum atomic E-state index is 0.492. The summed E-state index contributed by atoms with van der Waals surface area (Å²) in [6.45, 7) is 7.88. The maximum atomic E-state index is 10.4. The third kappa shape index (κ3) is 2.60. The summed E-state index contributed by atoms with van der Waals surface area (Å²) in [6.07, 6.45) is 0.822. The first kappa shape index (κ1) is 10.3. The molecule has 0 heterocycles. The number of nitrogens with zero attached hydrogens (tertiary/aromatic N) is 2. The van der Waals surface area contributed by atoms with E-state index in [0.717, 1.165) is 12.0 Å². The van der Waals surface area contributed by atoms with E-state index in [0.29, 0.717) is 18.7 Å². The number of hydrogen-bond donors (Lipinski definition) is 0. The lowest BCUT2D eigenvalue weighted by Crippen LogP contribution is -2.19. The summed E-state index contributed by atoms with van der Waals surface area (Å²) in [5, 5.41) is 0. The van der Waals surface area contributed by atoms with Crippen molar-refractivity contribution in [2.45, 2.75) is 0 Å². The number of benzene rings is 1. The monoisotopic (exact) mass is 188 g/mol. The van der Waals surface area contributed by atoms with Crippen LogP contribution in [0.15, 0.2) is 24.3 Å². The smallest absolute Gasteiger partial charge is 0.231 e. The molecule has 0 aromatic heterocycles. The van der Waals surface area contributed by atoms with Gasteiger partial charge in [0.25, 0.3) is 0 Å². The second-order valence-electron chi connectivity index (χ2n) is 3.01. The predicted octanol–water partition coefficient (Wildman–Crippen LogP) is 1.85. The van der Waals surface area contributed by atoms with Gasteiger partial charge in [-0.1, -0.05) is 0 Å². The number of carbonyl (C=O) groups excluding carboxylic acids is 1. The van der Waals surface area contributed by atoms with Crippen LogP contribution in [0.1, 0.15) is 10.4 Å². The van der Waals surface area contributed by atoms with Crippen LogP contribution in [-0.4, -0.2) is 26.4 Å². The van der Waals surface area contributed by atoms with Crippen LogP contribution in [0.5, 0.6) is 0 Å². The third-order valence-electron chi connectivity index (χ3n) is 2.02. The molecule has 0 aliphatic rings. The minimum absolute atomic E-state index is 0.492. The normalized spacial score (nSPS) is 9.14. The van der Waals surface area contributed by atoms with Gasteiger partial charge in [0.2, 0.25) is 6.54 Å². The van der Waals surface area contributed by atoms with Gasteiger partial charge in [-0.3, -0.25) is 4.79 Å². The van der Waals surface area contributed by atoms with Gasteiger partial charge < -0.3 is 9.74 Å². The van der Waals surface area contributed by atoms with E-state index in [1.807, 2.05) is 24.1 Å². The molecule has 0 N–H and O–H groups in total. The highest BCUT2D eigenvalue weighted by Crippen LogP contribution is 2.12. The van der Waals surface area contributed by atoms with E-state index in [9.17, 15) is 4.79 Å². The zero-order chi connectivity index (χ0) is 10.4. The summed E-state index contributed by atoms with van der Waals surface area (Å²) in [5.41, 5.74) is 1.70. The van der Waals surface area contributed by atoms with Crippen molar-refractivity contribution in [3.63, 3.8) is 0 Å². The van der Waals surface area contributed by atoms with Crippen molar-refractivity contribution in [2.24, 2.45) is 0 Å². The fourth-order valence-corrected chi connectivity index (χ4v) is 1.14. The fourth-order valence-electron chi connectivity index (χ4n) is 1.14. The standard InChI is InChI=1S/C11H12N2O/c1-12-7-8-13(2)11-5-3-10(9-14)4-6-11/h3-6,9H,7-8H2,2H3. The molecule has 3 heteroatoms. The van der Waals surface area contributed by atoms with Crippen molar-refractivity contribution in [3.05, 3.63) is 41.2 Å². The highest BCUT2D eigenvalue weighted by Gasteiger charge is 2.00. The van der Waals surface area contributed by atoms with E-state index >= 15 is 0 Å². The van der Waals surface area contributed by atoms with E-state index in [4.69, 9.17) is 6.57 Å². The van der Waals surface area contributed by atoms with E-state index in [1.165, 1.54) is 0 Å². The van der Waals surface area contributed by atoms with Crippen molar-refractivity contribution >= 4 is 12.0 Å². The van der Waals surface area contributed by atoms with Crippen molar-refractivity contribution in [1.82, 2.24) is 0 Å². The molecule has 72 valence electrons. The Labute approximate surface area is 83.8 Å². The molecule has 1 aromatic rings. The molecule has 0 spiro atoms. The largest absolute Gasteiger partial charge is 0.367 e. The second-order valence-corrected chi connectivity index (χ2v) is 3.01. The number of carbonyl (C=O) groups is 1. The summed E-state index contributed by atoms with van der Waals surface area (Å²) < 4.78 is 0. The molecule has 0 atom stereocenters. The SMILES string of the molecule is [C-]#[N+]CCN(C)c1ccc(C=O)cc1. The maximum Gasteiger partial charge on any atom is 0.231 e. The average molecular weight is 188 g/mol. The predicted molar refractivity (Wildman–Crippen MR) is 56.6 cm³/mol. The molecule has 0 fully saturated rings. The van der Waals surface area contributed by atoms with Crippen molar-refractivity contribution in [3.8, 4) is 0 Å². The molecule has 3 nitrogen and oxygen atoms in total. The van der Waals surface area contributed by atoms with E-state index in [1.54, 1.807) is 12.1 Å². The Bertz CT molecular complexity index is 337. The molecule has 0 bridgehead atoms. The van der Waals surface area contributed by atoms with Crippen molar-refractivity contribution in [2.75, 3.05) is 25.0 Å². The number of rotatable bonds is 4. The molecule has 0 aliphatic carbocycles. The van der Waals surface area contributed by atoms with Crippen LogP contribution in [-0.2, 0) is 0 Å². The van der Waals surface area contributed by atoms with Gasteiger partial charge >= 0.3 is 0 Å². The van der Waals surface area contributed by atoms with Gasteiger partial charge in [-0.25, -0.2) is 6.57 Å². The zero-order valence-corrected chi connectivity index (χ0v) is 8.10. The Morgan fingerprint density at radius 1 is 1.43 bits per heavy atom. The van der Waals surface area contributed by atoms with Gasteiger partial charge in [0.15, 0.2) is 0 Å². The van der Waals surface area contributed by atoms with Crippen molar-refractivity contribution in [1.29, 1.82) is 0 Å². The highest BCUT2D eigenvalue weighted by atomic mass is 16.1. The molecule has 0 amide bonds. The van der Waals surface area contributed by atoms with Crippen LogP contribution in [0.4, 0.5) is 5.69 Å². The molecular weight excluding hydrogens is 176 g/mol. The van der Waals surface area contributed by atoms with Gasteiger partial charge in [-0.2, -0.15) is 0 Å². The van der Waals surface area contributed by atoms with Crippen LogP contribution >= 0.6 is 0 Å². The molecule has 0 saturated heterocycles. The first-order valence-corrected chi connectivity index (χ1v) is 4.37. The lowest BCUT2D eigenvalue weighted by Gasteiger charge is -2.15. The molecular formula is C11H12N2O. The highest BCUT2D eigenvalue weighted by molar-refractivity contribution is 5.75. The first-order chi connectivity index (χ1) is 6.77. The lowest BCUT2D eigenvalue weighted by atomic mass is 10.2. The van der Waals surface area contributed by atoms with E-state index < -0.39 is 0 Å². The van der Waals surface area contributed by atoms with Crippen molar-refractivity contribution < 1.29 is 4.79 Å². The molecule has 0 aliphatic heterocycles. The fraction of sp³-hybridized carbons (Fsp3) is 0.273. The van der Waals surface area contributed by atoms with Gasteiger partial charge in [0, 0.05) is 18.3 Å². The molecule has 1 rings (SSSR count). The summed E-state index contributed by atoms with van der Waals surface area (Å²) in [7, 11) is 1.93. The Kier molecular flexibility index (Phi) is 3.69. The molecule has 0 unspecified atom stereocenters. The van der Waals surface area contributed by atoms with E-state index in [2.05, 4.69) is 4.85 Å². The summed E-state index contributed by atoms with van der Waals surface area (Å²) >= 11 is 0. The number of aldehydes is 1. The summed E-state index contributed by atoms with van der Waals surface area (Å²) in [4.78, 5) is 15.7. The lowest BCUT2D eigenvalue weighted by molar-refractivity contribution is 0.112. The Morgan fingerprint density at radius 3 is 2.57 bits per heavy atom. The third-order valence-corrected chi connectivity index (χ3v) is 2.02. The molecule has 0 radical (unpaired) electrons. The number of likely N-dealkylation sites (N-methyl/N-ethyl adjacent to an activating group) is 1. The maximum absolute atomic E-state index is 10.4. The van der Waals surface area contributed by atoms with Crippen LogP contribution in [0.25, 0.3) is 4.85 Å². The molecule has 1 aromatic carbocycles. The minimum Gasteiger partial charge on any atom is -0.367 e. The van der Waals surface area contributed by atoms with Gasteiger partial charge in [-0.05, 0) is 24.3 Å². The Morgan fingerprint density at radius 2 is 2.07 bits per heavy atom. The van der Waals surface area contributed by atoms with Crippen LogP contribution in [0.3, 0.4) is 0 Å². The first-order valence-electron chi connectivity index (χ1n) is 4.37. The second kappa shape index (κ2) is 5.03. The molecule has 0 saturated carbocycles. The van der Waals surface area contributed by atoms with Crippen LogP contribution < -0.4 is 4.90 Å². The average Bonchev–Trinajstić information content (AvgIpc) is 2.26. The van der Waals surface area contributed by atoms with Crippen LogP contribution in [0, 0.1) is 6.57 Å². The number of anilines is 1. The van der Waals surface area contributed by atoms with Gasteiger partial charge in [-0.15, -0.1) is 0 Å². The summed E-state index contributed by atoms with van der Waals surface area (Å²) in [6, 6.07) is 7.31. The van der Waals surface area contributed by atoms with Gasteiger partial charge in [0.05, 0.1) is 6.54 Å². The summed E-state index contributed by atoms with van der Waals surface area (Å²) in [5.74, 6) is 0.